The van der Waals surface area contributed by atoms with Crippen molar-refractivity contribution in [2.45, 2.75) is 12.7 Å². The van der Waals surface area contributed by atoms with Gasteiger partial charge in [-0.05, 0) is 18.6 Å². The molecule has 0 aliphatic carbocycles. The smallest absolute Gasteiger partial charge is 0.336 e. The highest BCUT2D eigenvalue weighted by atomic mass is 16.7. The molecule has 0 saturated carbocycles. The topological polar surface area (TPSA) is 79.1 Å². The predicted molar refractivity (Wildman–Crippen MR) is 80.5 cm³/mol. The maximum absolute atomic E-state index is 11.4. The third kappa shape index (κ3) is 2.16. The van der Waals surface area contributed by atoms with Crippen molar-refractivity contribution in [1.29, 1.82) is 0 Å². The van der Waals surface area contributed by atoms with Crippen LogP contribution in [-0.2, 0) is 10.6 Å². The highest BCUT2D eigenvalue weighted by Gasteiger charge is 2.48. The Hall–Kier alpha value is -2.66. The predicted octanol–water partition coefficient (Wildman–Crippen LogP) is 2.60. The van der Waals surface area contributed by atoms with Crippen LogP contribution in [0, 0.1) is 5.92 Å². The van der Waals surface area contributed by atoms with Gasteiger partial charge < -0.3 is 15.1 Å². The van der Waals surface area contributed by atoms with Gasteiger partial charge >= 0.3 is 5.97 Å². The first-order valence-electron chi connectivity index (χ1n) is 6.90. The molecule has 0 radical (unpaired) electrons. The van der Waals surface area contributed by atoms with Gasteiger partial charge in [-0.1, -0.05) is 53.7 Å². The van der Waals surface area contributed by atoms with Crippen molar-refractivity contribution in [3.63, 3.8) is 0 Å². The summed E-state index contributed by atoms with van der Waals surface area (Å²) in [6.07, 6.45) is 0. The molecule has 0 saturated heterocycles. The van der Waals surface area contributed by atoms with E-state index < -0.39 is 17.7 Å². The van der Waals surface area contributed by atoms with Crippen LogP contribution >= 0.6 is 0 Å². The van der Waals surface area contributed by atoms with Gasteiger partial charge in [0.2, 0.25) is 0 Å². The first-order chi connectivity index (χ1) is 10.5. The number of hydrogen-bond donors (Lipinski definition) is 2. The van der Waals surface area contributed by atoms with Crippen molar-refractivity contribution in [1.82, 2.24) is 0 Å². The summed E-state index contributed by atoms with van der Waals surface area (Å²) in [5.41, 5.74) is 1.62. The molecule has 1 aliphatic rings. The van der Waals surface area contributed by atoms with E-state index in [-0.39, 0.29) is 11.1 Å². The van der Waals surface area contributed by atoms with Crippen molar-refractivity contribution in [2.75, 3.05) is 0 Å². The molecule has 2 unspecified atom stereocenters. The van der Waals surface area contributed by atoms with E-state index in [0.717, 1.165) is 5.56 Å². The van der Waals surface area contributed by atoms with Gasteiger partial charge in [0, 0.05) is 5.56 Å². The Kier molecular flexibility index (Phi) is 3.42. The lowest BCUT2D eigenvalue weighted by molar-refractivity contribution is -0.214. The fourth-order valence-electron chi connectivity index (χ4n) is 2.64. The highest BCUT2D eigenvalue weighted by Crippen LogP contribution is 2.40. The van der Waals surface area contributed by atoms with Crippen LogP contribution in [0.15, 0.2) is 59.8 Å². The quantitative estimate of drug-likeness (QED) is 0.912. The molecular formula is C17H15NO4. The molecule has 5 nitrogen and oxygen atoms in total. The summed E-state index contributed by atoms with van der Waals surface area (Å²) in [4.78, 5) is 16.7. The number of oxime groups is 1. The number of hydrogen-bond acceptors (Lipinski definition) is 4. The minimum absolute atomic E-state index is 0.00126. The zero-order valence-electron chi connectivity index (χ0n) is 11.9. The summed E-state index contributed by atoms with van der Waals surface area (Å²) >= 11 is 0. The molecule has 5 heteroatoms. The average Bonchev–Trinajstić information content (AvgIpc) is 2.85. The third-order valence-electron chi connectivity index (χ3n) is 3.89. The minimum atomic E-state index is -1.79. The summed E-state index contributed by atoms with van der Waals surface area (Å²) in [6.45, 7) is 1.76. The second-order valence-corrected chi connectivity index (χ2v) is 5.20. The molecule has 0 fully saturated rings. The Bertz CT molecular complexity index is 741. The minimum Gasteiger partial charge on any atom is -0.478 e. The number of aromatic carboxylic acids is 1. The van der Waals surface area contributed by atoms with Gasteiger partial charge in [-0.2, -0.15) is 0 Å². The fourth-order valence-corrected chi connectivity index (χ4v) is 2.64. The van der Waals surface area contributed by atoms with Crippen LogP contribution in [0.1, 0.15) is 28.4 Å². The van der Waals surface area contributed by atoms with Gasteiger partial charge in [0.15, 0.2) is 0 Å². The molecule has 0 bridgehead atoms. The molecule has 0 amide bonds. The van der Waals surface area contributed by atoms with E-state index in [1.165, 1.54) is 6.07 Å². The Balaban J connectivity index is 2.02. The molecule has 2 N–H and O–H groups in total. The van der Waals surface area contributed by atoms with Gasteiger partial charge in [0.1, 0.15) is 0 Å². The van der Waals surface area contributed by atoms with Crippen LogP contribution in [-0.4, -0.2) is 21.9 Å². The molecule has 0 spiro atoms. The van der Waals surface area contributed by atoms with Gasteiger partial charge in [-0.15, -0.1) is 0 Å². The molecule has 22 heavy (non-hydrogen) atoms. The molecule has 3 rings (SSSR count). The monoisotopic (exact) mass is 297 g/mol. The van der Waals surface area contributed by atoms with Crippen molar-refractivity contribution in [3.8, 4) is 0 Å². The first kappa shape index (κ1) is 14.3. The zero-order chi connectivity index (χ0) is 15.7. The lowest BCUT2D eigenvalue weighted by atomic mass is 9.85. The van der Waals surface area contributed by atoms with E-state index in [1.807, 2.05) is 30.3 Å². The summed E-state index contributed by atoms with van der Waals surface area (Å²) in [5, 5.41) is 24.2. The second kappa shape index (κ2) is 5.27. The molecule has 2 atom stereocenters. The van der Waals surface area contributed by atoms with E-state index in [9.17, 15) is 15.0 Å². The molecule has 0 aromatic heterocycles. The van der Waals surface area contributed by atoms with Crippen molar-refractivity contribution < 1.29 is 19.8 Å². The normalized spacial score (nSPS) is 23.7. The summed E-state index contributed by atoms with van der Waals surface area (Å²) in [6, 6.07) is 15.6. The first-order valence-corrected chi connectivity index (χ1v) is 6.90. The van der Waals surface area contributed by atoms with Gasteiger partial charge in [-0.25, -0.2) is 4.79 Å². The lowest BCUT2D eigenvalue weighted by Gasteiger charge is -2.27. The number of carboxylic acid groups (broad SMARTS) is 1. The van der Waals surface area contributed by atoms with E-state index in [2.05, 4.69) is 5.16 Å². The van der Waals surface area contributed by atoms with Gasteiger partial charge in [0.25, 0.3) is 5.79 Å². The fraction of sp³-hybridized carbons (Fsp3) is 0.176. The Morgan fingerprint density at radius 2 is 1.77 bits per heavy atom. The van der Waals surface area contributed by atoms with Crippen LogP contribution < -0.4 is 0 Å². The van der Waals surface area contributed by atoms with Crippen LogP contribution in [0.2, 0.25) is 0 Å². The average molecular weight is 297 g/mol. The molecule has 2 aromatic carbocycles. The highest BCUT2D eigenvalue weighted by molar-refractivity contribution is 6.03. The van der Waals surface area contributed by atoms with Crippen LogP contribution in [0.5, 0.6) is 0 Å². The lowest BCUT2D eigenvalue weighted by Crippen LogP contribution is -2.36. The number of rotatable bonds is 3. The Morgan fingerprint density at radius 1 is 1.14 bits per heavy atom. The maximum atomic E-state index is 11.4. The van der Waals surface area contributed by atoms with Crippen molar-refractivity contribution in [3.05, 3.63) is 71.3 Å². The maximum Gasteiger partial charge on any atom is 0.336 e. The number of carbonyl (C=O) groups is 1. The SMILES string of the molecule is CC1C(c2ccccc2)=NOC1(O)c1ccccc1C(=O)O. The third-order valence-corrected chi connectivity index (χ3v) is 3.89. The van der Waals surface area contributed by atoms with Crippen molar-refractivity contribution >= 4 is 11.7 Å². The molecular weight excluding hydrogens is 282 g/mol. The second-order valence-electron chi connectivity index (χ2n) is 5.20. The standard InChI is InChI=1S/C17H15NO4/c1-11-15(12-7-3-2-4-8-12)18-22-17(11,21)14-10-6-5-9-13(14)16(19)20/h2-11,21H,1H3,(H,19,20). The van der Waals surface area contributed by atoms with E-state index >= 15 is 0 Å². The number of aliphatic hydroxyl groups is 1. The van der Waals surface area contributed by atoms with Crippen LogP contribution in [0.4, 0.5) is 0 Å². The number of nitrogens with zero attached hydrogens (tertiary/aromatic N) is 1. The number of benzene rings is 2. The molecule has 2 aromatic rings. The molecule has 1 aliphatic heterocycles. The number of carboxylic acids is 1. The summed E-state index contributed by atoms with van der Waals surface area (Å²) in [7, 11) is 0. The van der Waals surface area contributed by atoms with Crippen LogP contribution in [0.25, 0.3) is 0 Å². The Labute approximate surface area is 127 Å². The summed E-state index contributed by atoms with van der Waals surface area (Å²) in [5.74, 6) is -3.41. The largest absolute Gasteiger partial charge is 0.478 e. The zero-order valence-corrected chi connectivity index (χ0v) is 11.9. The van der Waals surface area contributed by atoms with Crippen LogP contribution in [0.3, 0.4) is 0 Å². The van der Waals surface area contributed by atoms with Gasteiger partial charge in [0.05, 0.1) is 17.2 Å². The van der Waals surface area contributed by atoms with Gasteiger partial charge in [-0.3, -0.25) is 0 Å². The van der Waals surface area contributed by atoms with Crippen molar-refractivity contribution in [2.24, 2.45) is 11.1 Å². The molecule has 112 valence electrons. The van der Waals surface area contributed by atoms with E-state index in [1.54, 1.807) is 25.1 Å². The van der Waals surface area contributed by atoms with E-state index in [0.29, 0.717) is 5.71 Å². The van der Waals surface area contributed by atoms with E-state index in [4.69, 9.17) is 4.84 Å². The summed E-state index contributed by atoms with van der Waals surface area (Å²) < 4.78 is 0. The molecule has 1 heterocycles. The Morgan fingerprint density at radius 3 is 2.45 bits per heavy atom.